The third-order valence-electron chi connectivity index (χ3n) is 3.10. The highest BCUT2D eigenvalue weighted by Gasteiger charge is 2.31. The summed E-state index contributed by atoms with van der Waals surface area (Å²) in [6, 6.07) is 0.290. The minimum Gasteiger partial charge on any atom is -0.444 e. The van der Waals surface area contributed by atoms with Crippen molar-refractivity contribution in [2.75, 3.05) is 20.1 Å². The van der Waals surface area contributed by atoms with Gasteiger partial charge in [0.2, 0.25) is 0 Å². The maximum absolute atomic E-state index is 12.1. The number of amides is 1. The van der Waals surface area contributed by atoms with Crippen LogP contribution in [0.15, 0.2) is 0 Å². The number of rotatable bonds is 2. The Morgan fingerprint density at radius 2 is 2.06 bits per heavy atom. The van der Waals surface area contributed by atoms with Crippen molar-refractivity contribution in [1.29, 1.82) is 0 Å². The van der Waals surface area contributed by atoms with Crippen molar-refractivity contribution >= 4 is 6.09 Å². The third-order valence-corrected chi connectivity index (χ3v) is 3.10. The number of nitrogens with one attached hydrogen (secondary N) is 1. The van der Waals surface area contributed by atoms with Crippen LogP contribution in [0, 0.1) is 5.92 Å². The lowest BCUT2D eigenvalue weighted by molar-refractivity contribution is 0.00558. The predicted molar refractivity (Wildman–Crippen MR) is 69.1 cm³/mol. The Morgan fingerprint density at radius 1 is 1.41 bits per heavy atom. The molecular formula is C13H26N2O2. The summed E-state index contributed by atoms with van der Waals surface area (Å²) >= 11 is 0. The molecule has 1 N–H and O–H groups in total. The molecule has 1 aliphatic heterocycles. The predicted octanol–water partition coefficient (Wildman–Crippen LogP) is 2.24. The van der Waals surface area contributed by atoms with Crippen LogP contribution in [0.25, 0.3) is 0 Å². The zero-order valence-electron chi connectivity index (χ0n) is 11.7. The fraction of sp³-hybridized carbons (Fsp3) is 0.923. The van der Waals surface area contributed by atoms with Crippen LogP contribution in [-0.2, 0) is 4.74 Å². The number of hydrogen-bond acceptors (Lipinski definition) is 3. The van der Waals surface area contributed by atoms with Gasteiger partial charge in [-0.25, -0.2) is 4.79 Å². The Kier molecular flexibility index (Phi) is 4.80. The first-order valence-corrected chi connectivity index (χ1v) is 6.47. The van der Waals surface area contributed by atoms with Crippen molar-refractivity contribution in [1.82, 2.24) is 10.2 Å². The number of likely N-dealkylation sites (tertiary alicyclic amines) is 1. The van der Waals surface area contributed by atoms with Gasteiger partial charge in [0.1, 0.15) is 5.60 Å². The van der Waals surface area contributed by atoms with Crippen LogP contribution < -0.4 is 5.32 Å². The van der Waals surface area contributed by atoms with Gasteiger partial charge in [0.05, 0.1) is 0 Å². The molecule has 0 spiro atoms. The Labute approximate surface area is 105 Å². The Hall–Kier alpha value is -0.770. The molecule has 0 unspecified atom stereocenters. The molecule has 0 aromatic rings. The summed E-state index contributed by atoms with van der Waals surface area (Å²) in [7, 11) is 1.95. The lowest BCUT2D eigenvalue weighted by atomic mass is 9.94. The first-order valence-electron chi connectivity index (χ1n) is 6.47. The van der Waals surface area contributed by atoms with Gasteiger partial charge in [-0.15, -0.1) is 0 Å². The number of piperidine rings is 1. The maximum atomic E-state index is 12.1. The van der Waals surface area contributed by atoms with E-state index in [1.54, 1.807) is 0 Å². The molecule has 0 saturated carbocycles. The first kappa shape index (κ1) is 14.3. The molecule has 1 saturated heterocycles. The van der Waals surface area contributed by atoms with E-state index in [-0.39, 0.29) is 12.1 Å². The summed E-state index contributed by atoms with van der Waals surface area (Å²) in [5.41, 5.74) is -0.410. The van der Waals surface area contributed by atoms with Crippen LogP contribution in [0.3, 0.4) is 0 Å². The summed E-state index contributed by atoms with van der Waals surface area (Å²) in [4.78, 5) is 13.9. The summed E-state index contributed by atoms with van der Waals surface area (Å²) in [5, 5.41) is 3.18. The van der Waals surface area contributed by atoms with E-state index in [2.05, 4.69) is 12.2 Å². The standard InChI is InChI=1S/C13H26N2O2/c1-10-6-7-11(8-14-5)9-15(10)12(16)17-13(2,3)4/h10-11,14H,6-9H2,1-5H3/t10-,11-/m1/s1. The Balaban J connectivity index is 2.57. The van der Waals surface area contributed by atoms with Gasteiger partial charge < -0.3 is 15.0 Å². The molecule has 4 nitrogen and oxygen atoms in total. The summed E-state index contributed by atoms with van der Waals surface area (Å²) in [6.07, 6.45) is 2.07. The van der Waals surface area contributed by atoms with E-state index >= 15 is 0 Å². The van der Waals surface area contributed by atoms with Crippen LogP contribution in [0.5, 0.6) is 0 Å². The number of carbonyl (C=O) groups is 1. The highest BCUT2D eigenvalue weighted by Crippen LogP contribution is 2.23. The smallest absolute Gasteiger partial charge is 0.410 e. The lowest BCUT2D eigenvalue weighted by Gasteiger charge is -2.38. The van der Waals surface area contributed by atoms with Crippen LogP contribution in [0.2, 0.25) is 0 Å². The topological polar surface area (TPSA) is 41.6 Å². The van der Waals surface area contributed by atoms with Gasteiger partial charge in [-0.05, 0) is 60.0 Å². The molecular weight excluding hydrogens is 216 g/mol. The molecule has 4 heteroatoms. The van der Waals surface area contributed by atoms with E-state index in [0.717, 1.165) is 19.5 Å². The number of nitrogens with zero attached hydrogens (tertiary/aromatic N) is 1. The zero-order chi connectivity index (χ0) is 13.1. The Morgan fingerprint density at radius 3 is 2.59 bits per heavy atom. The van der Waals surface area contributed by atoms with E-state index in [4.69, 9.17) is 4.74 Å². The van der Waals surface area contributed by atoms with Gasteiger partial charge >= 0.3 is 6.09 Å². The summed E-state index contributed by atoms with van der Waals surface area (Å²) in [5.74, 6) is 0.545. The van der Waals surface area contributed by atoms with Crippen LogP contribution >= 0.6 is 0 Å². The number of hydrogen-bond donors (Lipinski definition) is 1. The molecule has 0 aliphatic carbocycles. The quantitative estimate of drug-likeness (QED) is 0.807. The molecule has 0 radical (unpaired) electrons. The molecule has 0 aromatic heterocycles. The van der Waals surface area contributed by atoms with Crippen LogP contribution in [0.1, 0.15) is 40.5 Å². The van der Waals surface area contributed by atoms with Crippen molar-refractivity contribution in [3.8, 4) is 0 Å². The molecule has 1 aliphatic rings. The third kappa shape index (κ3) is 4.54. The summed E-state index contributed by atoms with van der Waals surface area (Å²) in [6.45, 7) is 9.59. The van der Waals surface area contributed by atoms with Gasteiger partial charge in [-0.2, -0.15) is 0 Å². The first-order chi connectivity index (χ1) is 7.83. The lowest BCUT2D eigenvalue weighted by Crippen LogP contribution is -2.49. The van der Waals surface area contributed by atoms with Gasteiger partial charge in [0.15, 0.2) is 0 Å². The molecule has 2 atom stereocenters. The van der Waals surface area contributed by atoms with Crippen molar-refractivity contribution < 1.29 is 9.53 Å². The normalized spacial score (nSPS) is 25.8. The second-order valence-corrected chi connectivity index (χ2v) is 5.98. The second-order valence-electron chi connectivity index (χ2n) is 5.98. The molecule has 17 heavy (non-hydrogen) atoms. The van der Waals surface area contributed by atoms with Crippen molar-refractivity contribution in [2.45, 2.75) is 52.2 Å². The van der Waals surface area contributed by atoms with E-state index in [1.807, 2.05) is 32.7 Å². The molecule has 100 valence electrons. The van der Waals surface area contributed by atoms with Gasteiger partial charge in [-0.3, -0.25) is 0 Å². The Bertz CT molecular complexity index is 261. The van der Waals surface area contributed by atoms with Crippen LogP contribution in [0.4, 0.5) is 4.79 Å². The van der Waals surface area contributed by atoms with E-state index in [9.17, 15) is 4.79 Å². The van der Waals surface area contributed by atoms with Crippen molar-refractivity contribution in [3.05, 3.63) is 0 Å². The van der Waals surface area contributed by atoms with Crippen molar-refractivity contribution in [3.63, 3.8) is 0 Å². The second kappa shape index (κ2) is 5.71. The minimum absolute atomic E-state index is 0.175. The SMILES string of the molecule is CNC[C@H]1CC[C@@H](C)N(C(=O)OC(C)(C)C)C1. The monoisotopic (exact) mass is 242 g/mol. The van der Waals surface area contributed by atoms with Gasteiger partial charge in [0, 0.05) is 12.6 Å². The van der Waals surface area contributed by atoms with Crippen molar-refractivity contribution in [2.24, 2.45) is 5.92 Å². The number of carbonyl (C=O) groups excluding carboxylic acids is 1. The van der Waals surface area contributed by atoms with Crippen LogP contribution in [-0.4, -0.2) is 42.8 Å². The highest BCUT2D eigenvalue weighted by atomic mass is 16.6. The van der Waals surface area contributed by atoms with E-state index in [0.29, 0.717) is 5.92 Å². The molecule has 1 fully saturated rings. The molecule has 1 rings (SSSR count). The molecule has 1 amide bonds. The molecule has 1 heterocycles. The van der Waals surface area contributed by atoms with E-state index in [1.165, 1.54) is 6.42 Å². The fourth-order valence-corrected chi connectivity index (χ4v) is 2.21. The zero-order valence-corrected chi connectivity index (χ0v) is 11.7. The largest absolute Gasteiger partial charge is 0.444 e. The minimum atomic E-state index is -0.410. The average molecular weight is 242 g/mol. The van der Waals surface area contributed by atoms with E-state index < -0.39 is 5.60 Å². The average Bonchev–Trinajstić information content (AvgIpc) is 2.18. The van der Waals surface area contributed by atoms with Gasteiger partial charge in [-0.1, -0.05) is 0 Å². The fourth-order valence-electron chi connectivity index (χ4n) is 2.21. The molecule has 0 bridgehead atoms. The molecule has 0 aromatic carbocycles. The highest BCUT2D eigenvalue weighted by molar-refractivity contribution is 5.68. The maximum Gasteiger partial charge on any atom is 0.410 e. The van der Waals surface area contributed by atoms with Gasteiger partial charge in [0.25, 0.3) is 0 Å². The number of ether oxygens (including phenoxy) is 1. The summed E-state index contributed by atoms with van der Waals surface area (Å²) < 4.78 is 5.44.